The van der Waals surface area contributed by atoms with Crippen LogP contribution in [0.1, 0.15) is 74.2 Å². The van der Waals surface area contributed by atoms with Gasteiger partial charge in [0.05, 0.1) is 0 Å². The van der Waals surface area contributed by atoms with Crippen molar-refractivity contribution in [2.45, 2.75) is 63.6 Å². The number of carbonyl (C=O) groups is 1. The van der Waals surface area contributed by atoms with E-state index in [1.165, 1.54) is 44.1 Å². The maximum absolute atomic E-state index is 12.0. The Labute approximate surface area is 125 Å². The van der Waals surface area contributed by atoms with Crippen LogP contribution in [0.2, 0.25) is 0 Å². The number of ketones is 1. The zero-order valence-corrected chi connectivity index (χ0v) is 13.5. The van der Waals surface area contributed by atoms with Crippen LogP contribution in [0.3, 0.4) is 0 Å². The lowest BCUT2D eigenvalue weighted by Crippen LogP contribution is -1.99. The average Bonchev–Trinajstić information content (AvgIpc) is 2.46. The van der Waals surface area contributed by atoms with Crippen molar-refractivity contribution in [2.75, 3.05) is 0 Å². The molecule has 0 aliphatic carbocycles. The van der Waals surface area contributed by atoms with E-state index in [1.54, 1.807) is 0 Å². The second kappa shape index (κ2) is 10.2. The minimum absolute atomic E-state index is 0.287. The van der Waals surface area contributed by atoms with Crippen molar-refractivity contribution in [1.82, 2.24) is 0 Å². The van der Waals surface area contributed by atoms with Crippen molar-refractivity contribution in [2.24, 2.45) is 0 Å². The summed E-state index contributed by atoms with van der Waals surface area (Å²) in [5.41, 5.74) is 2.07. The van der Waals surface area contributed by atoms with Gasteiger partial charge in [-0.05, 0) is 12.0 Å². The van der Waals surface area contributed by atoms with Crippen LogP contribution in [0.25, 0.3) is 0 Å². The van der Waals surface area contributed by atoms with E-state index in [9.17, 15) is 4.79 Å². The number of rotatable bonds is 10. The summed E-state index contributed by atoms with van der Waals surface area (Å²) >= 11 is 3.41. The summed E-state index contributed by atoms with van der Waals surface area (Å²) in [6.07, 6.45) is 9.50. The van der Waals surface area contributed by atoms with Gasteiger partial charge in [-0.25, -0.2) is 0 Å². The molecule has 19 heavy (non-hydrogen) atoms. The standard InChI is InChI=1S/C17H25BrO/c1-2-3-4-5-6-7-8-9-17(19)16-12-10-15(14-18)11-13-16/h10-13H,2-9,14H2,1H3. The van der Waals surface area contributed by atoms with Gasteiger partial charge in [0.25, 0.3) is 0 Å². The summed E-state index contributed by atoms with van der Waals surface area (Å²) in [4.78, 5) is 12.0. The fourth-order valence-electron chi connectivity index (χ4n) is 2.17. The van der Waals surface area contributed by atoms with E-state index in [-0.39, 0.29) is 5.78 Å². The van der Waals surface area contributed by atoms with Gasteiger partial charge >= 0.3 is 0 Å². The van der Waals surface area contributed by atoms with Crippen LogP contribution in [0.15, 0.2) is 24.3 Å². The molecule has 0 radical (unpaired) electrons. The van der Waals surface area contributed by atoms with Gasteiger partial charge in [-0.15, -0.1) is 0 Å². The summed E-state index contributed by atoms with van der Waals surface area (Å²) in [6.45, 7) is 2.24. The van der Waals surface area contributed by atoms with E-state index in [4.69, 9.17) is 0 Å². The van der Waals surface area contributed by atoms with E-state index in [0.29, 0.717) is 6.42 Å². The maximum Gasteiger partial charge on any atom is 0.162 e. The quantitative estimate of drug-likeness (QED) is 0.297. The van der Waals surface area contributed by atoms with Crippen LogP contribution in [-0.4, -0.2) is 5.78 Å². The molecule has 0 aromatic heterocycles. The lowest BCUT2D eigenvalue weighted by Gasteiger charge is -2.03. The van der Waals surface area contributed by atoms with Crippen molar-refractivity contribution in [3.63, 3.8) is 0 Å². The summed E-state index contributed by atoms with van der Waals surface area (Å²) in [6, 6.07) is 7.93. The van der Waals surface area contributed by atoms with Gasteiger partial charge in [-0.2, -0.15) is 0 Å². The fourth-order valence-corrected chi connectivity index (χ4v) is 2.54. The number of benzene rings is 1. The molecule has 0 heterocycles. The third-order valence-electron chi connectivity index (χ3n) is 3.44. The average molecular weight is 325 g/mol. The molecule has 1 nitrogen and oxygen atoms in total. The summed E-state index contributed by atoms with van der Waals surface area (Å²) < 4.78 is 0. The third kappa shape index (κ3) is 6.91. The Morgan fingerprint density at radius 1 is 0.947 bits per heavy atom. The van der Waals surface area contributed by atoms with Gasteiger partial charge in [0.2, 0.25) is 0 Å². The first-order chi connectivity index (χ1) is 9.27. The smallest absolute Gasteiger partial charge is 0.162 e. The van der Waals surface area contributed by atoms with E-state index in [1.807, 2.05) is 24.3 Å². The SMILES string of the molecule is CCCCCCCCCC(=O)c1ccc(CBr)cc1. The Bertz CT molecular complexity index is 356. The second-order valence-corrected chi connectivity index (χ2v) is 5.69. The van der Waals surface area contributed by atoms with Crippen molar-refractivity contribution >= 4 is 21.7 Å². The van der Waals surface area contributed by atoms with Crippen molar-refractivity contribution in [1.29, 1.82) is 0 Å². The van der Waals surface area contributed by atoms with E-state index < -0.39 is 0 Å². The molecule has 1 aromatic rings. The Hall–Kier alpha value is -0.630. The van der Waals surface area contributed by atoms with Gasteiger partial charge in [0.1, 0.15) is 0 Å². The molecule has 0 aliphatic heterocycles. The minimum atomic E-state index is 0.287. The van der Waals surface area contributed by atoms with E-state index in [2.05, 4.69) is 22.9 Å². The number of hydrogen-bond acceptors (Lipinski definition) is 1. The molecule has 0 bridgehead atoms. The number of hydrogen-bond donors (Lipinski definition) is 0. The van der Waals surface area contributed by atoms with Crippen LogP contribution in [0, 0.1) is 0 Å². The van der Waals surface area contributed by atoms with Gasteiger partial charge < -0.3 is 0 Å². The predicted octanol–water partition coefficient (Wildman–Crippen LogP) is 5.90. The van der Waals surface area contributed by atoms with E-state index in [0.717, 1.165) is 17.3 Å². The first kappa shape index (κ1) is 16.4. The van der Waals surface area contributed by atoms with Crippen LogP contribution < -0.4 is 0 Å². The molecular formula is C17H25BrO. The molecule has 106 valence electrons. The third-order valence-corrected chi connectivity index (χ3v) is 4.09. The number of halogens is 1. The van der Waals surface area contributed by atoms with Gasteiger partial charge in [-0.1, -0.05) is 85.6 Å². The van der Waals surface area contributed by atoms with Gasteiger partial charge in [-0.3, -0.25) is 4.79 Å². The van der Waals surface area contributed by atoms with Crippen molar-refractivity contribution in [3.8, 4) is 0 Å². The normalized spacial score (nSPS) is 10.6. The summed E-state index contributed by atoms with van der Waals surface area (Å²) in [5, 5.41) is 0.846. The second-order valence-electron chi connectivity index (χ2n) is 5.13. The van der Waals surface area contributed by atoms with Gasteiger partial charge in [0, 0.05) is 17.3 Å². The number of carbonyl (C=O) groups excluding carboxylic acids is 1. The first-order valence-electron chi connectivity index (χ1n) is 7.46. The molecule has 0 amide bonds. The highest BCUT2D eigenvalue weighted by molar-refractivity contribution is 9.08. The molecule has 0 spiro atoms. The fraction of sp³-hybridized carbons (Fsp3) is 0.588. The highest BCUT2D eigenvalue weighted by atomic mass is 79.9. The minimum Gasteiger partial charge on any atom is -0.294 e. The van der Waals surface area contributed by atoms with Gasteiger partial charge in [0.15, 0.2) is 5.78 Å². The molecule has 1 rings (SSSR count). The lowest BCUT2D eigenvalue weighted by molar-refractivity contribution is 0.0979. The number of alkyl halides is 1. The van der Waals surface area contributed by atoms with Crippen LogP contribution in [0.5, 0.6) is 0 Å². The van der Waals surface area contributed by atoms with E-state index >= 15 is 0 Å². The number of Topliss-reactive ketones (excluding diaryl/α,β-unsaturated/α-hetero) is 1. The highest BCUT2D eigenvalue weighted by Crippen LogP contribution is 2.13. The summed E-state index contributed by atoms with van der Waals surface area (Å²) in [5.74, 6) is 0.287. The highest BCUT2D eigenvalue weighted by Gasteiger charge is 2.05. The topological polar surface area (TPSA) is 17.1 Å². The number of unbranched alkanes of at least 4 members (excludes halogenated alkanes) is 6. The summed E-state index contributed by atoms with van der Waals surface area (Å²) in [7, 11) is 0. The van der Waals surface area contributed by atoms with Crippen molar-refractivity contribution < 1.29 is 4.79 Å². The molecule has 0 fully saturated rings. The molecule has 2 heteroatoms. The zero-order valence-electron chi connectivity index (χ0n) is 12.0. The Morgan fingerprint density at radius 2 is 1.53 bits per heavy atom. The van der Waals surface area contributed by atoms with Crippen LogP contribution >= 0.6 is 15.9 Å². The molecule has 1 aromatic carbocycles. The maximum atomic E-state index is 12.0. The molecule has 0 saturated carbocycles. The molecule has 0 atom stereocenters. The van der Waals surface area contributed by atoms with Crippen LogP contribution in [-0.2, 0) is 5.33 Å². The first-order valence-corrected chi connectivity index (χ1v) is 8.58. The molecule has 0 N–H and O–H groups in total. The van der Waals surface area contributed by atoms with Crippen LogP contribution in [0.4, 0.5) is 0 Å². The largest absolute Gasteiger partial charge is 0.294 e. The zero-order chi connectivity index (χ0) is 13.9. The molecular weight excluding hydrogens is 300 g/mol. The molecule has 0 aliphatic rings. The Morgan fingerprint density at radius 3 is 2.11 bits per heavy atom. The monoisotopic (exact) mass is 324 g/mol. The van der Waals surface area contributed by atoms with Crippen molar-refractivity contribution in [3.05, 3.63) is 35.4 Å². The lowest BCUT2D eigenvalue weighted by atomic mass is 10.0. The molecule has 0 saturated heterocycles. The predicted molar refractivity (Wildman–Crippen MR) is 86.0 cm³/mol. The Kier molecular flexibility index (Phi) is 8.81. The Balaban J connectivity index is 2.16. The molecule has 0 unspecified atom stereocenters.